The fourth-order valence-corrected chi connectivity index (χ4v) is 5.29. The molecule has 1 fully saturated rings. The van der Waals surface area contributed by atoms with Gasteiger partial charge in [-0.25, -0.2) is 0 Å². The van der Waals surface area contributed by atoms with E-state index in [0.717, 1.165) is 66.5 Å². The van der Waals surface area contributed by atoms with Crippen molar-refractivity contribution in [3.63, 3.8) is 0 Å². The Bertz CT molecular complexity index is 1470. The number of hydrogen-bond acceptors (Lipinski definition) is 6. The predicted molar refractivity (Wildman–Crippen MR) is 129 cm³/mol. The van der Waals surface area contributed by atoms with Crippen molar-refractivity contribution in [2.75, 3.05) is 19.8 Å². The van der Waals surface area contributed by atoms with Crippen LogP contribution >= 0.6 is 0 Å². The summed E-state index contributed by atoms with van der Waals surface area (Å²) in [4.78, 5) is 18.1. The number of nitriles is 1. The third kappa shape index (κ3) is 3.67. The molecule has 0 aliphatic carbocycles. The third-order valence-corrected chi connectivity index (χ3v) is 7.03. The quantitative estimate of drug-likeness (QED) is 0.427. The number of carbonyl (C=O) groups is 1. The molecule has 5 heterocycles. The number of aryl methyl sites for hydroxylation is 1. The van der Waals surface area contributed by atoms with Crippen molar-refractivity contribution in [1.29, 1.82) is 5.26 Å². The number of benzene rings is 1. The van der Waals surface area contributed by atoms with Gasteiger partial charge in [-0.3, -0.25) is 19.1 Å². The summed E-state index contributed by atoms with van der Waals surface area (Å²) in [6.07, 6.45) is 7.28. The van der Waals surface area contributed by atoms with Gasteiger partial charge < -0.3 is 9.64 Å². The highest BCUT2D eigenvalue weighted by Crippen LogP contribution is 2.37. The molecular weight excluding hydrogens is 442 g/mol. The van der Waals surface area contributed by atoms with Gasteiger partial charge in [-0.05, 0) is 24.3 Å². The van der Waals surface area contributed by atoms with Crippen LogP contribution in [0.25, 0.3) is 33.3 Å². The number of carbonyl (C=O) groups excluding carboxylic acids is 1. The van der Waals surface area contributed by atoms with Gasteiger partial charge in [-0.1, -0.05) is 18.2 Å². The first-order valence-corrected chi connectivity index (χ1v) is 11.9. The van der Waals surface area contributed by atoms with Crippen molar-refractivity contribution in [3.05, 3.63) is 53.6 Å². The molecule has 3 aromatic heterocycles. The Labute approximate surface area is 202 Å². The molecule has 0 atom stereocenters. The summed E-state index contributed by atoms with van der Waals surface area (Å²) in [7, 11) is 1.80. The van der Waals surface area contributed by atoms with Crippen molar-refractivity contribution in [2.45, 2.75) is 31.8 Å². The first-order chi connectivity index (χ1) is 17.2. The summed E-state index contributed by atoms with van der Waals surface area (Å²) in [5, 5.41) is 20.8. The van der Waals surface area contributed by atoms with Gasteiger partial charge in [0.15, 0.2) is 5.69 Å². The lowest BCUT2D eigenvalue weighted by atomic mass is 9.97. The summed E-state index contributed by atoms with van der Waals surface area (Å²) < 4.78 is 9.41. The lowest BCUT2D eigenvalue weighted by molar-refractivity contribution is -0.118. The first-order valence-electron chi connectivity index (χ1n) is 11.9. The molecule has 0 saturated carbocycles. The maximum absolute atomic E-state index is 11.6. The molecule has 0 unspecified atom stereocenters. The van der Waals surface area contributed by atoms with Gasteiger partial charge in [0.25, 0.3) is 0 Å². The zero-order chi connectivity index (χ0) is 23.9. The molecule has 0 N–H and O–H groups in total. The van der Waals surface area contributed by atoms with Crippen molar-refractivity contribution in [3.8, 4) is 28.6 Å². The van der Waals surface area contributed by atoms with Gasteiger partial charge in [-0.2, -0.15) is 15.5 Å². The monoisotopic (exact) mass is 467 g/mol. The van der Waals surface area contributed by atoms with E-state index in [1.807, 2.05) is 35.5 Å². The minimum absolute atomic E-state index is 0.309. The Morgan fingerprint density at radius 3 is 2.86 bits per heavy atom. The number of rotatable bonds is 4. The molecule has 35 heavy (non-hydrogen) atoms. The Kier molecular flexibility index (Phi) is 5.30. The number of hydrogen-bond donors (Lipinski definition) is 0. The standard InChI is InChI=1S/C26H25N7O2/c1-31-14-21(24(12-27)29-31)23-11-17-3-2-4-19(20(17)13-28-23)26-22-15-32(16-34)8-5-25(22)33(30-26)18-6-9-35-10-7-18/h2-4,11,13-14,16,18H,5-10,15H2,1H3. The highest BCUT2D eigenvalue weighted by molar-refractivity contribution is 5.97. The van der Waals surface area contributed by atoms with Crippen molar-refractivity contribution >= 4 is 17.2 Å². The van der Waals surface area contributed by atoms with Crippen LogP contribution in [-0.4, -0.2) is 55.6 Å². The molecule has 1 amide bonds. The second kappa shape index (κ2) is 8.64. The second-order valence-electron chi connectivity index (χ2n) is 9.16. The molecule has 9 nitrogen and oxygen atoms in total. The van der Waals surface area contributed by atoms with E-state index in [1.54, 1.807) is 11.7 Å². The van der Waals surface area contributed by atoms with E-state index in [1.165, 1.54) is 5.69 Å². The molecule has 4 aromatic rings. The van der Waals surface area contributed by atoms with Crippen LogP contribution in [0.1, 0.15) is 35.8 Å². The van der Waals surface area contributed by atoms with Crippen molar-refractivity contribution < 1.29 is 9.53 Å². The molecule has 9 heteroatoms. The van der Waals surface area contributed by atoms with Gasteiger partial charge in [0, 0.05) is 74.4 Å². The number of amides is 1. The normalized spacial score (nSPS) is 16.3. The highest BCUT2D eigenvalue weighted by Gasteiger charge is 2.29. The van der Waals surface area contributed by atoms with E-state index < -0.39 is 0 Å². The molecule has 2 aliphatic rings. The van der Waals surface area contributed by atoms with E-state index in [9.17, 15) is 10.1 Å². The maximum atomic E-state index is 11.6. The first kappa shape index (κ1) is 21.5. The molecule has 0 bridgehead atoms. The van der Waals surface area contributed by atoms with Crippen LogP contribution in [0.3, 0.4) is 0 Å². The summed E-state index contributed by atoms with van der Waals surface area (Å²) in [6, 6.07) is 10.6. The SMILES string of the molecule is Cn1cc(-c2cc3cccc(-c4nn(C5CCOCC5)c5c4CN(C=O)CC5)c3cn2)c(C#N)n1. The molecule has 0 radical (unpaired) electrons. The van der Waals surface area contributed by atoms with Gasteiger partial charge in [0.1, 0.15) is 6.07 Å². The van der Waals surface area contributed by atoms with E-state index in [4.69, 9.17) is 14.8 Å². The van der Waals surface area contributed by atoms with Crippen LogP contribution < -0.4 is 0 Å². The van der Waals surface area contributed by atoms with Crippen LogP contribution in [-0.2, 0) is 29.5 Å². The van der Waals surface area contributed by atoms with Crippen molar-refractivity contribution in [1.82, 2.24) is 29.4 Å². The lowest BCUT2D eigenvalue weighted by Gasteiger charge is -2.28. The molecule has 6 rings (SSSR count). The number of nitrogens with zero attached hydrogens (tertiary/aromatic N) is 7. The van der Waals surface area contributed by atoms with Gasteiger partial charge in [-0.15, -0.1) is 0 Å². The van der Waals surface area contributed by atoms with Crippen molar-refractivity contribution in [2.24, 2.45) is 7.05 Å². The van der Waals surface area contributed by atoms with Crippen LogP contribution in [0.15, 0.2) is 36.7 Å². The topological polar surface area (TPSA) is 102 Å². The number of pyridine rings is 1. The molecule has 1 aromatic carbocycles. The Balaban J connectivity index is 1.49. The molecule has 176 valence electrons. The number of fused-ring (bicyclic) bond motifs is 2. The lowest BCUT2D eigenvalue weighted by Crippen LogP contribution is -2.31. The summed E-state index contributed by atoms with van der Waals surface area (Å²) in [6.45, 7) is 2.75. The van der Waals surface area contributed by atoms with E-state index >= 15 is 0 Å². The number of ether oxygens (including phenoxy) is 1. The molecular formula is C26H25N7O2. The zero-order valence-electron chi connectivity index (χ0n) is 19.5. The van der Waals surface area contributed by atoms with E-state index in [0.29, 0.717) is 36.1 Å². The summed E-state index contributed by atoms with van der Waals surface area (Å²) >= 11 is 0. The Morgan fingerprint density at radius 2 is 2.06 bits per heavy atom. The Hall–Kier alpha value is -4.03. The smallest absolute Gasteiger partial charge is 0.210 e. The Morgan fingerprint density at radius 1 is 1.20 bits per heavy atom. The van der Waals surface area contributed by atoms with Crippen LogP contribution in [0.4, 0.5) is 0 Å². The average molecular weight is 468 g/mol. The minimum Gasteiger partial charge on any atom is -0.381 e. The zero-order valence-corrected chi connectivity index (χ0v) is 19.5. The summed E-state index contributed by atoms with van der Waals surface area (Å²) in [5.74, 6) is 0. The summed E-state index contributed by atoms with van der Waals surface area (Å²) in [5.41, 5.74) is 6.03. The fourth-order valence-electron chi connectivity index (χ4n) is 5.29. The second-order valence-corrected chi connectivity index (χ2v) is 9.16. The number of aromatic nitrogens is 5. The largest absolute Gasteiger partial charge is 0.381 e. The van der Waals surface area contributed by atoms with Crippen LogP contribution in [0.5, 0.6) is 0 Å². The van der Waals surface area contributed by atoms with Crippen LogP contribution in [0, 0.1) is 11.3 Å². The minimum atomic E-state index is 0.309. The van der Waals surface area contributed by atoms with Gasteiger partial charge >= 0.3 is 0 Å². The fraction of sp³-hybridized carbons (Fsp3) is 0.346. The van der Waals surface area contributed by atoms with Gasteiger partial charge in [0.2, 0.25) is 6.41 Å². The van der Waals surface area contributed by atoms with E-state index in [-0.39, 0.29) is 0 Å². The average Bonchev–Trinajstić information content (AvgIpc) is 3.48. The molecule has 1 saturated heterocycles. The predicted octanol–water partition coefficient (Wildman–Crippen LogP) is 3.24. The highest BCUT2D eigenvalue weighted by atomic mass is 16.5. The molecule has 0 spiro atoms. The molecule has 2 aliphatic heterocycles. The van der Waals surface area contributed by atoms with Crippen LogP contribution in [0.2, 0.25) is 0 Å². The van der Waals surface area contributed by atoms with E-state index in [2.05, 4.69) is 21.9 Å². The van der Waals surface area contributed by atoms with Gasteiger partial charge in [0.05, 0.1) is 23.0 Å². The third-order valence-electron chi connectivity index (χ3n) is 7.03. The maximum Gasteiger partial charge on any atom is 0.210 e.